The Morgan fingerprint density at radius 3 is 2.47 bits per heavy atom. The summed E-state index contributed by atoms with van der Waals surface area (Å²) in [5.41, 5.74) is 2.05. The lowest BCUT2D eigenvalue weighted by molar-refractivity contribution is -0.138. The van der Waals surface area contributed by atoms with Crippen molar-refractivity contribution in [2.75, 3.05) is 14.2 Å². The number of carbonyl (C=O) groups is 1. The monoisotopic (exact) mass is 437 g/mol. The van der Waals surface area contributed by atoms with E-state index in [4.69, 9.17) is 14.0 Å². The molecule has 32 heavy (non-hydrogen) atoms. The van der Waals surface area contributed by atoms with Gasteiger partial charge in [0.15, 0.2) is 6.10 Å². The van der Waals surface area contributed by atoms with E-state index < -0.39 is 6.10 Å². The smallest absolute Gasteiger partial charge is 0.263 e. The van der Waals surface area contributed by atoms with Gasteiger partial charge in [0.05, 0.1) is 13.7 Å². The zero-order valence-electron chi connectivity index (χ0n) is 19.6. The first-order valence-electron chi connectivity index (χ1n) is 10.7. The number of hydrogen-bond acceptors (Lipinski definition) is 6. The molecule has 0 spiro atoms. The summed E-state index contributed by atoms with van der Waals surface area (Å²) in [6.07, 6.45) is -0.0513. The lowest BCUT2D eigenvalue weighted by Crippen LogP contribution is -2.39. The minimum atomic E-state index is -0.596. The Morgan fingerprint density at radius 2 is 1.84 bits per heavy atom. The number of nitrogens with zero attached hydrogens (tertiary/aromatic N) is 3. The maximum absolute atomic E-state index is 13.0. The van der Waals surface area contributed by atoms with Gasteiger partial charge in [-0.05, 0) is 41.7 Å². The highest BCUT2D eigenvalue weighted by molar-refractivity contribution is 5.81. The number of amides is 1. The third-order valence-electron chi connectivity index (χ3n) is 5.19. The fourth-order valence-corrected chi connectivity index (χ4v) is 3.23. The fraction of sp³-hybridized carbons (Fsp3) is 0.400. The van der Waals surface area contributed by atoms with Gasteiger partial charge in [-0.15, -0.1) is 0 Å². The molecule has 1 atom stereocenters. The molecule has 1 heterocycles. The van der Waals surface area contributed by atoms with Crippen molar-refractivity contribution in [3.63, 3.8) is 0 Å². The Balaban J connectivity index is 1.64. The highest BCUT2D eigenvalue weighted by Gasteiger charge is 2.24. The number of carbonyl (C=O) groups excluding carboxylic acids is 1. The van der Waals surface area contributed by atoms with Crippen LogP contribution < -0.4 is 9.47 Å². The standard InChI is InChI=1S/C25H31N3O4/c1-7-21(31-19-13-11-18(12-14-19)25(2,3)4)24(29)28(5)16-22-26-23(27-32-22)17-9-8-10-20(15-17)30-6/h8-15,21H,7,16H2,1-6H3. The molecule has 0 aliphatic heterocycles. The maximum Gasteiger partial charge on any atom is 0.263 e. The van der Waals surface area contributed by atoms with E-state index in [1.165, 1.54) is 5.56 Å². The molecule has 3 rings (SSSR count). The van der Waals surface area contributed by atoms with Crippen LogP contribution >= 0.6 is 0 Å². The van der Waals surface area contributed by atoms with Gasteiger partial charge in [0, 0.05) is 12.6 Å². The minimum absolute atomic E-state index is 0.0620. The minimum Gasteiger partial charge on any atom is -0.497 e. The number of aromatic nitrogens is 2. The largest absolute Gasteiger partial charge is 0.497 e. The van der Waals surface area contributed by atoms with Crippen LogP contribution in [0.15, 0.2) is 53.1 Å². The van der Waals surface area contributed by atoms with Gasteiger partial charge >= 0.3 is 0 Å². The zero-order chi connectivity index (χ0) is 23.3. The van der Waals surface area contributed by atoms with Crippen LogP contribution in [0.4, 0.5) is 0 Å². The van der Waals surface area contributed by atoms with E-state index in [-0.39, 0.29) is 17.9 Å². The van der Waals surface area contributed by atoms with E-state index in [0.717, 1.165) is 5.56 Å². The molecule has 7 nitrogen and oxygen atoms in total. The maximum atomic E-state index is 13.0. The van der Waals surface area contributed by atoms with Gasteiger partial charge in [-0.2, -0.15) is 4.98 Å². The molecule has 0 aliphatic carbocycles. The molecule has 1 unspecified atom stereocenters. The SMILES string of the molecule is CCC(Oc1ccc(C(C)(C)C)cc1)C(=O)N(C)Cc1nc(-c2cccc(OC)c2)no1. The Bertz CT molecular complexity index is 1040. The summed E-state index contributed by atoms with van der Waals surface area (Å²) >= 11 is 0. The van der Waals surface area contributed by atoms with Crippen molar-refractivity contribution in [3.05, 3.63) is 60.0 Å². The lowest BCUT2D eigenvalue weighted by atomic mass is 9.87. The van der Waals surface area contributed by atoms with Gasteiger partial charge in [-0.25, -0.2) is 0 Å². The second kappa shape index (κ2) is 9.85. The molecule has 0 fully saturated rings. The number of likely N-dealkylation sites (N-methyl/N-ethyl adjacent to an activating group) is 1. The number of benzene rings is 2. The predicted octanol–water partition coefficient (Wildman–Crippen LogP) is 4.86. The molecule has 0 N–H and O–H groups in total. The number of ether oxygens (including phenoxy) is 2. The van der Waals surface area contributed by atoms with Crippen molar-refractivity contribution in [2.24, 2.45) is 0 Å². The van der Waals surface area contributed by atoms with Crippen LogP contribution in [0.25, 0.3) is 11.4 Å². The van der Waals surface area contributed by atoms with Crippen LogP contribution in [-0.2, 0) is 16.8 Å². The van der Waals surface area contributed by atoms with Crippen LogP contribution in [0.5, 0.6) is 11.5 Å². The molecule has 7 heteroatoms. The average Bonchev–Trinajstić information content (AvgIpc) is 3.25. The Hall–Kier alpha value is -3.35. The summed E-state index contributed by atoms with van der Waals surface area (Å²) in [6, 6.07) is 15.3. The fourth-order valence-electron chi connectivity index (χ4n) is 3.23. The van der Waals surface area contributed by atoms with Crippen LogP contribution in [0, 0.1) is 0 Å². The third-order valence-corrected chi connectivity index (χ3v) is 5.19. The quantitative estimate of drug-likeness (QED) is 0.501. The van der Waals surface area contributed by atoms with Gasteiger partial charge in [0.1, 0.15) is 11.5 Å². The van der Waals surface area contributed by atoms with Crippen molar-refractivity contribution in [2.45, 2.75) is 52.2 Å². The van der Waals surface area contributed by atoms with Gasteiger partial charge in [0.2, 0.25) is 11.7 Å². The van der Waals surface area contributed by atoms with Crippen LogP contribution in [0.1, 0.15) is 45.6 Å². The van der Waals surface area contributed by atoms with Gasteiger partial charge in [-0.1, -0.05) is 57.1 Å². The summed E-state index contributed by atoms with van der Waals surface area (Å²) in [5.74, 6) is 2.03. The molecular weight excluding hydrogens is 406 g/mol. The molecule has 3 aromatic rings. The van der Waals surface area contributed by atoms with Crippen LogP contribution in [0.2, 0.25) is 0 Å². The Labute approximate surface area is 189 Å². The summed E-state index contributed by atoms with van der Waals surface area (Å²) in [6.45, 7) is 8.60. The molecule has 2 aromatic carbocycles. The summed E-state index contributed by atoms with van der Waals surface area (Å²) in [4.78, 5) is 18.9. The summed E-state index contributed by atoms with van der Waals surface area (Å²) in [5, 5.41) is 4.02. The zero-order valence-corrected chi connectivity index (χ0v) is 19.6. The predicted molar refractivity (Wildman–Crippen MR) is 123 cm³/mol. The van der Waals surface area contributed by atoms with E-state index in [2.05, 4.69) is 30.9 Å². The molecule has 0 radical (unpaired) electrons. The first-order chi connectivity index (χ1) is 15.2. The van der Waals surface area contributed by atoms with Crippen LogP contribution in [0.3, 0.4) is 0 Å². The van der Waals surface area contributed by atoms with E-state index in [1.807, 2.05) is 55.5 Å². The van der Waals surface area contributed by atoms with Crippen molar-refractivity contribution in [1.82, 2.24) is 15.0 Å². The van der Waals surface area contributed by atoms with E-state index in [1.54, 1.807) is 19.1 Å². The molecule has 0 aliphatic rings. The second-order valence-corrected chi connectivity index (χ2v) is 8.73. The summed E-state index contributed by atoms with van der Waals surface area (Å²) in [7, 11) is 3.30. The highest BCUT2D eigenvalue weighted by Crippen LogP contribution is 2.25. The van der Waals surface area contributed by atoms with Gasteiger partial charge in [0.25, 0.3) is 5.91 Å². The molecule has 1 amide bonds. The third kappa shape index (κ3) is 5.66. The second-order valence-electron chi connectivity index (χ2n) is 8.73. The molecule has 0 saturated carbocycles. The molecule has 1 aromatic heterocycles. The normalized spacial score (nSPS) is 12.3. The Morgan fingerprint density at radius 1 is 1.12 bits per heavy atom. The first-order valence-corrected chi connectivity index (χ1v) is 10.7. The van der Waals surface area contributed by atoms with Gasteiger partial charge < -0.3 is 18.9 Å². The van der Waals surface area contributed by atoms with E-state index in [9.17, 15) is 4.79 Å². The topological polar surface area (TPSA) is 77.7 Å². The Kier molecular flexibility index (Phi) is 7.18. The molecule has 0 saturated heterocycles. The number of rotatable bonds is 8. The van der Waals surface area contributed by atoms with Crippen molar-refractivity contribution in [1.29, 1.82) is 0 Å². The molecule has 170 valence electrons. The van der Waals surface area contributed by atoms with Crippen molar-refractivity contribution in [3.8, 4) is 22.9 Å². The first kappa shape index (κ1) is 23.3. The van der Waals surface area contributed by atoms with E-state index >= 15 is 0 Å². The number of hydrogen-bond donors (Lipinski definition) is 0. The average molecular weight is 438 g/mol. The van der Waals surface area contributed by atoms with Crippen molar-refractivity contribution < 1.29 is 18.8 Å². The molecular formula is C25H31N3O4. The van der Waals surface area contributed by atoms with E-state index in [0.29, 0.717) is 29.6 Å². The number of methoxy groups -OCH3 is 1. The van der Waals surface area contributed by atoms with Crippen molar-refractivity contribution >= 4 is 5.91 Å². The summed E-state index contributed by atoms with van der Waals surface area (Å²) < 4.78 is 16.6. The molecule has 0 bridgehead atoms. The lowest BCUT2D eigenvalue weighted by Gasteiger charge is -2.23. The highest BCUT2D eigenvalue weighted by atomic mass is 16.5. The van der Waals surface area contributed by atoms with Crippen LogP contribution in [-0.4, -0.2) is 41.2 Å². The van der Waals surface area contributed by atoms with Gasteiger partial charge in [-0.3, -0.25) is 4.79 Å².